The third-order valence-corrected chi connectivity index (χ3v) is 3.05. The second kappa shape index (κ2) is 3.60. The highest BCUT2D eigenvalue weighted by atomic mass is 19.1. The molecule has 1 unspecified atom stereocenters. The van der Waals surface area contributed by atoms with E-state index in [0.717, 1.165) is 24.2 Å². The fourth-order valence-electron chi connectivity index (χ4n) is 1.97. The van der Waals surface area contributed by atoms with Gasteiger partial charge in [-0.15, -0.1) is 0 Å². The fraction of sp³-hybridized carbons (Fsp3) is 0.500. The minimum atomic E-state index is -0.130. The predicted octanol–water partition coefficient (Wildman–Crippen LogP) is 3.07. The summed E-state index contributed by atoms with van der Waals surface area (Å²) < 4.78 is 13.0. The van der Waals surface area contributed by atoms with E-state index in [4.69, 9.17) is 0 Å². The second-order valence-electron chi connectivity index (χ2n) is 4.39. The summed E-state index contributed by atoms with van der Waals surface area (Å²) in [4.78, 5) is 0. The average molecular weight is 193 g/mol. The zero-order chi connectivity index (χ0) is 10.1. The minimum absolute atomic E-state index is 0.130. The average Bonchev–Trinajstić information content (AvgIpc) is 2.16. The van der Waals surface area contributed by atoms with Crippen LogP contribution in [0.25, 0.3) is 0 Å². The molecule has 1 N–H and O–H groups in total. The molecule has 1 atom stereocenters. The van der Waals surface area contributed by atoms with E-state index < -0.39 is 0 Å². The van der Waals surface area contributed by atoms with E-state index in [1.807, 2.05) is 6.07 Å². The van der Waals surface area contributed by atoms with Crippen molar-refractivity contribution in [3.05, 3.63) is 29.6 Å². The van der Waals surface area contributed by atoms with Gasteiger partial charge in [0.25, 0.3) is 0 Å². The van der Waals surface area contributed by atoms with Crippen LogP contribution in [0.15, 0.2) is 18.2 Å². The maximum Gasteiger partial charge on any atom is 0.123 e. The summed E-state index contributed by atoms with van der Waals surface area (Å²) in [5, 5.41) is 3.35. The number of fused-ring (bicyclic) bond motifs is 1. The molecule has 2 rings (SSSR count). The van der Waals surface area contributed by atoms with Gasteiger partial charge in [0.05, 0.1) is 0 Å². The van der Waals surface area contributed by atoms with Crippen molar-refractivity contribution in [3.63, 3.8) is 0 Å². The van der Waals surface area contributed by atoms with Crippen molar-refractivity contribution >= 4 is 5.69 Å². The molecule has 0 radical (unpaired) electrons. The number of rotatable bonds is 1. The van der Waals surface area contributed by atoms with E-state index >= 15 is 0 Å². The molecule has 0 fully saturated rings. The van der Waals surface area contributed by atoms with E-state index in [1.165, 1.54) is 6.07 Å². The molecule has 1 aromatic carbocycles. The summed E-state index contributed by atoms with van der Waals surface area (Å²) in [5.41, 5.74) is 2.22. The molecule has 0 saturated heterocycles. The van der Waals surface area contributed by atoms with Gasteiger partial charge >= 0.3 is 0 Å². The lowest BCUT2D eigenvalue weighted by Crippen LogP contribution is -2.27. The summed E-state index contributed by atoms with van der Waals surface area (Å²) >= 11 is 0. The molecule has 0 saturated carbocycles. The van der Waals surface area contributed by atoms with Gasteiger partial charge in [0, 0.05) is 12.2 Å². The standard InChI is InChI=1S/C12H16FN/c1-8(2)10-5-9-6-11(13)3-4-12(9)14-7-10/h3-4,6,8,10,14H,5,7H2,1-2H3. The van der Waals surface area contributed by atoms with Gasteiger partial charge in [0.1, 0.15) is 5.82 Å². The van der Waals surface area contributed by atoms with Crippen LogP contribution in [-0.4, -0.2) is 6.54 Å². The van der Waals surface area contributed by atoms with Crippen LogP contribution in [0.3, 0.4) is 0 Å². The number of anilines is 1. The summed E-state index contributed by atoms with van der Waals surface area (Å²) in [5.74, 6) is 1.15. The van der Waals surface area contributed by atoms with Gasteiger partial charge in [-0.05, 0) is 42.0 Å². The zero-order valence-electron chi connectivity index (χ0n) is 8.68. The SMILES string of the molecule is CC(C)C1CNc2ccc(F)cc2C1. The highest BCUT2D eigenvalue weighted by Gasteiger charge is 2.20. The molecule has 1 heterocycles. The van der Waals surface area contributed by atoms with Gasteiger partial charge in [-0.3, -0.25) is 0 Å². The summed E-state index contributed by atoms with van der Waals surface area (Å²) in [7, 11) is 0. The van der Waals surface area contributed by atoms with Gasteiger partial charge in [-0.2, -0.15) is 0 Å². The minimum Gasteiger partial charge on any atom is -0.385 e. The number of halogens is 1. The van der Waals surface area contributed by atoms with E-state index in [1.54, 1.807) is 6.07 Å². The van der Waals surface area contributed by atoms with Gasteiger partial charge in [-0.1, -0.05) is 13.8 Å². The maximum absolute atomic E-state index is 13.0. The van der Waals surface area contributed by atoms with E-state index in [9.17, 15) is 4.39 Å². The molecule has 14 heavy (non-hydrogen) atoms. The van der Waals surface area contributed by atoms with Crippen molar-refractivity contribution < 1.29 is 4.39 Å². The Bertz CT molecular complexity index is 333. The molecule has 0 aromatic heterocycles. The molecule has 0 spiro atoms. The number of hydrogen-bond donors (Lipinski definition) is 1. The van der Waals surface area contributed by atoms with E-state index in [-0.39, 0.29) is 5.82 Å². The monoisotopic (exact) mass is 193 g/mol. The Balaban J connectivity index is 2.24. The summed E-state index contributed by atoms with van der Waals surface area (Å²) in [6.07, 6.45) is 0.998. The zero-order valence-corrected chi connectivity index (χ0v) is 8.68. The molecular weight excluding hydrogens is 177 g/mol. The first-order chi connectivity index (χ1) is 6.66. The van der Waals surface area contributed by atoms with Gasteiger partial charge in [0.2, 0.25) is 0 Å². The van der Waals surface area contributed by atoms with E-state index in [0.29, 0.717) is 11.8 Å². The molecule has 1 nitrogen and oxygen atoms in total. The van der Waals surface area contributed by atoms with Crippen molar-refractivity contribution in [3.8, 4) is 0 Å². The topological polar surface area (TPSA) is 12.0 Å². The van der Waals surface area contributed by atoms with Crippen LogP contribution in [0.1, 0.15) is 19.4 Å². The molecule has 0 aliphatic carbocycles. The van der Waals surface area contributed by atoms with Gasteiger partial charge < -0.3 is 5.32 Å². The first-order valence-corrected chi connectivity index (χ1v) is 5.19. The first kappa shape index (κ1) is 9.50. The van der Waals surface area contributed by atoms with Crippen LogP contribution < -0.4 is 5.32 Å². The van der Waals surface area contributed by atoms with Crippen LogP contribution in [0.5, 0.6) is 0 Å². The molecule has 1 aliphatic heterocycles. The largest absolute Gasteiger partial charge is 0.385 e. The van der Waals surface area contributed by atoms with Crippen molar-refractivity contribution in [1.82, 2.24) is 0 Å². The predicted molar refractivity (Wildman–Crippen MR) is 56.9 cm³/mol. The smallest absolute Gasteiger partial charge is 0.123 e. The van der Waals surface area contributed by atoms with Crippen molar-refractivity contribution in [2.45, 2.75) is 20.3 Å². The van der Waals surface area contributed by atoms with Crippen LogP contribution in [0.4, 0.5) is 10.1 Å². The maximum atomic E-state index is 13.0. The lowest BCUT2D eigenvalue weighted by molar-refractivity contribution is 0.393. The van der Waals surface area contributed by atoms with Gasteiger partial charge in [0.15, 0.2) is 0 Å². The lowest BCUT2D eigenvalue weighted by atomic mass is 9.86. The number of nitrogens with one attached hydrogen (secondary N) is 1. The molecule has 2 heteroatoms. The van der Waals surface area contributed by atoms with E-state index in [2.05, 4.69) is 19.2 Å². The second-order valence-corrected chi connectivity index (χ2v) is 4.39. The highest BCUT2D eigenvalue weighted by molar-refractivity contribution is 5.53. The fourth-order valence-corrected chi connectivity index (χ4v) is 1.97. The van der Waals surface area contributed by atoms with Crippen molar-refractivity contribution in [2.75, 3.05) is 11.9 Å². The number of benzene rings is 1. The lowest BCUT2D eigenvalue weighted by Gasteiger charge is -2.28. The van der Waals surface area contributed by atoms with Crippen LogP contribution in [0, 0.1) is 17.7 Å². The molecule has 0 amide bonds. The molecule has 76 valence electrons. The normalized spacial score (nSPS) is 20.4. The summed E-state index contributed by atoms with van der Waals surface area (Å²) in [6, 6.07) is 5.00. The molecule has 1 aliphatic rings. The first-order valence-electron chi connectivity index (χ1n) is 5.19. The third kappa shape index (κ3) is 1.74. The van der Waals surface area contributed by atoms with Crippen LogP contribution >= 0.6 is 0 Å². The van der Waals surface area contributed by atoms with Crippen LogP contribution in [0.2, 0.25) is 0 Å². The molecular formula is C12H16FN. The Hall–Kier alpha value is -1.05. The Labute approximate surface area is 84.3 Å². The number of hydrogen-bond acceptors (Lipinski definition) is 1. The summed E-state index contributed by atoms with van der Waals surface area (Å²) in [6.45, 7) is 5.45. The Morgan fingerprint density at radius 1 is 1.43 bits per heavy atom. The molecule has 0 bridgehead atoms. The van der Waals surface area contributed by atoms with Crippen LogP contribution in [-0.2, 0) is 6.42 Å². The third-order valence-electron chi connectivity index (χ3n) is 3.05. The Morgan fingerprint density at radius 2 is 2.21 bits per heavy atom. The molecule has 1 aromatic rings. The van der Waals surface area contributed by atoms with Crippen molar-refractivity contribution in [2.24, 2.45) is 11.8 Å². The Kier molecular flexibility index (Phi) is 2.44. The van der Waals surface area contributed by atoms with Crippen molar-refractivity contribution in [1.29, 1.82) is 0 Å². The Morgan fingerprint density at radius 3 is 2.93 bits per heavy atom. The highest BCUT2D eigenvalue weighted by Crippen LogP contribution is 2.28. The van der Waals surface area contributed by atoms with Gasteiger partial charge in [-0.25, -0.2) is 4.39 Å². The quantitative estimate of drug-likeness (QED) is 0.722.